The topological polar surface area (TPSA) is 48.5 Å². The predicted octanol–water partition coefficient (Wildman–Crippen LogP) is 12.2. The second-order valence-electron chi connectivity index (χ2n) is 13.6. The summed E-state index contributed by atoms with van der Waals surface area (Å²) >= 11 is 0. The molecule has 252 valence electrons. The van der Waals surface area contributed by atoms with Gasteiger partial charge in [0.2, 0.25) is 0 Å². The Balaban J connectivity index is 1.12. The van der Waals surface area contributed by atoms with Crippen LogP contribution in [-0.4, -0.2) is 24.1 Å². The highest BCUT2D eigenvalue weighted by Crippen LogP contribution is 2.41. The molecule has 4 aromatic heterocycles. The Bertz CT molecular complexity index is 3140. The van der Waals surface area contributed by atoms with Gasteiger partial charge in [0, 0.05) is 55.4 Å². The largest absolute Gasteiger partial charge is 0.308 e. The maximum atomic E-state index is 5.34. The normalized spacial score (nSPS) is 11.7. The van der Waals surface area contributed by atoms with Crippen LogP contribution in [0, 0.1) is 0 Å². The molecular formula is C49H31N5. The molecule has 4 heterocycles. The fourth-order valence-electron chi connectivity index (χ4n) is 8.12. The maximum absolute atomic E-state index is 5.34. The lowest BCUT2D eigenvalue weighted by Crippen LogP contribution is -2.02. The number of hydrogen-bond acceptors (Lipinski definition) is 3. The number of nitrogens with zero attached hydrogens (tertiary/aromatic N) is 5. The lowest BCUT2D eigenvalue weighted by atomic mass is 10.0. The fraction of sp³-hybridized carbons (Fsp3) is 0. The van der Waals surface area contributed by atoms with Crippen LogP contribution >= 0.6 is 0 Å². The van der Waals surface area contributed by atoms with Gasteiger partial charge in [-0.25, -0.2) is 15.0 Å². The molecule has 0 bridgehead atoms. The van der Waals surface area contributed by atoms with Crippen LogP contribution in [0.2, 0.25) is 0 Å². The Kier molecular flexibility index (Phi) is 6.79. The molecular weight excluding hydrogens is 659 g/mol. The molecule has 0 N–H and O–H groups in total. The van der Waals surface area contributed by atoms with Gasteiger partial charge in [0.1, 0.15) is 5.82 Å². The molecule has 5 heteroatoms. The second kappa shape index (κ2) is 12.1. The van der Waals surface area contributed by atoms with E-state index in [1.807, 2.05) is 6.07 Å². The van der Waals surface area contributed by atoms with Gasteiger partial charge in [0.15, 0.2) is 5.82 Å². The number of pyridine rings is 1. The number of benzene rings is 7. The van der Waals surface area contributed by atoms with Crippen molar-refractivity contribution in [3.8, 4) is 45.4 Å². The molecule has 0 radical (unpaired) electrons. The van der Waals surface area contributed by atoms with Crippen molar-refractivity contribution in [1.29, 1.82) is 0 Å². The van der Waals surface area contributed by atoms with Crippen molar-refractivity contribution in [2.45, 2.75) is 0 Å². The Morgan fingerprint density at radius 1 is 0.370 bits per heavy atom. The fourth-order valence-corrected chi connectivity index (χ4v) is 8.12. The maximum Gasteiger partial charge on any atom is 0.162 e. The first-order valence-corrected chi connectivity index (χ1v) is 18.2. The SMILES string of the molecule is c1ccc(-c2cc(-n3c4ccccc4c4ccccc43)nc(-c3ccc(-c4nc5ccccc5c5c4c4ccccc4n5-c4ccccc4)cc3)n2)cc1. The zero-order valence-corrected chi connectivity index (χ0v) is 29.1. The summed E-state index contributed by atoms with van der Waals surface area (Å²) in [5.41, 5.74) is 11.4. The van der Waals surface area contributed by atoms with Crippen molar-refractivity contribution in [1.82, 2.24) is 24.1 Å². The summed E-state index contributed by atoms with van der Waals surface area (Å²) in [6, 6.07) is 65.8. The first kappa shape index (κ1) is 30.3. The first-order chi connectivity index (χ1) is 26.8. The molecule has 0 spiro atoms. The van der Waals surface area contributed by atoms with Crippen molar-refractivity contribution >= 4 is 54.5 Å². The van der Waals surface area contributed by atoms with Crippen LogP contribution in [0.15, 0.2) is 188 Å². The summed E-state index contributed by atoms with van der Waals surface area (Å²) in [4.78, 5) is 15.8. The van der Waals surface area contributed by atoms with Crippen molar-refractivity contribution in [3.63, 3.8) is 0 Å². The van der Waals surface area contributed by atoms with Gasteiger partial charge in [-0.2, -0.15) is 0 Å². The highest BCUT2D eigenvalue weighted by atomic mass is 15.1. The number of para-hydroxylation sites is 5. The smallest absolute Gasteiger partial charge is 0.162 e. The third kappa shape index (κ3) is 4.69. The lowest BCUT2D eigenvalue weighted by Gasteiger charge is -2.13. The van der Waals surface area contributed by atoms with Crippen LogP contribution in [0.1, 0.15) is 0 Å². The van der Waals surface area contributed by atoms with Crippen molar-refractivity contribution in [3.05, 3.63) is 188 Å². The zero-order valence-electron chi connectivity index (χ0n) is 29.1. The molecule has 0 aliphatic heterocycles. The van der Waals surface area contributed by atoms with Crippen LogP contribution in [0.3, 0.4) is 0 Å². The van der Waals surface area contributed by atoms with Gasteiger partial charge < -0.3 is 4.57 Å². The van der Waals surface area contributed by atoms with Crippen molar-refractivity contribution in [2.75, 3.05) is 0 Å². The third-order valence-corrected chi connectivity index (χ3v) is 10.5. The Morgan fingerprint density at radius 2 is 0.907 bits per heavy atom. The van der Waals surface area contributed by atoms with Gasteiger partial charge in [0.25, 0.3) is 0 Å². The number of aromatic nitrogens is 5. The Labute approximate surface area is 311 Å². The molecule has 0 saturated carbocycles. The molecule has 7 aromatic carbocycles. The predicted molar refractivity (Wildman–Crippen MR) is 222 cm³/mol. The third-order valence-electron chi connectivity index (χ3n) is 10.5. The van der Waals surface area contributed by atoms with E-state index in [-0.39, 0.29) is 0 Å². The molecule has 5 nitrogen and oxygen atoms in total. The van der Waals surface area contributed by atoms with E-state index >= 15 is 0 Å². The standard InChI is InChI=1S/C49H31N5/c1-3-15-32(16-4-1)41-31-45(54-42-24-12-8-19-36(42)37-20-9-13-25-43(37)54)52-49(51-41)34-29-27-33(28-30-34)47-46-39-22-10-14-26-44(39)53(35-17-5-2-6-18-35)48(46)38-21-7-11-23-40(38)50-47/h1-31H. The Hall–Kier alpha value is -7.37. The molecule has 0 saturated heterocycles. The van der Waals surface area contributed by atoms with Crippen LogP contribution in [0.4, 0.5) is 0 Å². The van der Waals surface area contributed by atoms with Gasteiger partial charge in [-0.1, -0.05) is 146 Å². The average Bonchev–Trinajstić information content (AvgIpc) is 3.78. The summed E-state index contributed by atoms with van der Waals surface area (Å²) in [5.74, 6) is 1.49. The quantitative estimate of drug-likeness (QED) is 0.181. The zero-order chi connectivity index (χ0) is 35.6. The van der Waals surface area contributed by atoms with Gasteiger partial charge in [-0.3, -0.25) is 4.57 Å². The van der Waals surface area contributed by atoms with E-state index in [2.05, 4.69) is 191 Å². The Morgan fingerprint density at radius 3 is 1.59 bits per heavy atom. The van der Waals surface area contributed by atoms with E-state index in [4.69, 9.17) is 15.0 Å². The van der Waals surface area contributed by atoms with Gasteiger partial charge in [0.05, 0.1) is 39.0 Å². The molecule has 0 fully saturated rings. The highest BCUT2D eigenvalue weighted by molar-refractivity contribution is 6.22. The number of rotatable bonds is 5. The minimum atomic E-state index is 0.664. The first-order valence-electron chi connectivity index (χ1n) is 18.2. The summed E-state index contributed by atoms with van der Waals surface area (Å²) in [7, 11) is 0. The van der Waals surface area contributed by atoms with Crippen LogP contribution < -0.4 is 0 Å². The van der Waals surface area contributed by atoms with E-state index in [0.717, 1.165) is 77.9 Å². The lowest BCUT2D eigenvalue weighted by molar-refractivity contribution is 1.05. The molecule has 11 aromatic rings. The minimum absolute atomic E-state index is 0.664. The number of fused-ring (bicyclic) bond motifs is 8. The highest BCUT2D eigenvalue weighted by Gasteiger charge is 2.21. The van der Waals surface area contributed by atoms with Crippen molar-refractivity contribution in [2.24, 2.45) is 0 Å². The van der Waals surface area contributed by atoms with Crippen molar-refractivity contribution < 1.29 is 0 Å². The molecule has 0 amide bonds. The van der Waals surface area contributed by atoms with Gasteiger partial charge in [-0.05, 0) is 36.4 Å². The molecule has 0 aliphatic carbocycles. The summed E-state index contributed by atoms with van der Waals surface area (Å²) in [5, 5.41) is 5.82. The number of hydrogen-bond donors (Lipinski definition) is 0. The summed E-state index contributed by atoms with van der Waals surface area (Å²) < 4.78 is 4.64. The van der Waals surface area contributed by atoms with E-state index in [0.29, 0.717) is 5.82 Å². The minimum Gasteiger partial charge on any atom is -0.308 e. The second-order valence-corrected chi connectivity index (χ2v) is 13.6. The van der Waals surface area contributed by atoms with E-state index in [1.165, 1.54) is 16.2 Å². The van der Waals surface area contributed by atoms with E-state index < -0.39 is 0 Å². The molecule has 0 atom stereocenters. The molecule has 0 aliphatic rings. The molecule has 54 heavy (non-hydrogen) atoms. The van der Waals surface area contributed by atoms with E-state index in [9.17, 15) is 0 Å². The summed E-state index contributed by atoms with van der Waals surface area (Å²) in [6.07, 6.45) is 0. The van der Waals surface area contributed by atoms with Crippen LogP contribution in [0.5, 0.6) is 0 Å². The van der Waals surface area contributed by atoms with Crippen LogP contribution in [0.25, 0.3) is 99.9 Å². The summed E-state index contributed by atoms with van der Waals surface area (Å²) in [6.45, 7) is 0. The van der Waals surface area contributed by atoms with Gasteiger partial charge in [-0.15, -0.1) is 0 Å². The molecule has 0 unspecified atom stereocenters. The average molecular weight is 690 g/mol. The van der Waals surface area contributed by atoms with E-state index in [1.54, 1.807) is 0 Å². The monoisotopic (exact) mass is 689 g/mol. The molecule has 11 rings (SSSR count). The van der Waals surface area contributed by atoms with Crippen LogP contribution in [-0.2, 0) is 0 Å². The van der Waals surface area contributed by atoms with Gasteiger partial charge >= 0.3 is 0 Å².